The largest absolute Gasteiger partial charge is 0.508 e. The number of carbonyl (C=O) groups excluding carboxylic acids is 1. The van der Waals surface area contributed by atoms with E-state index < -0.39 is 0 Å². The van der Waals surface area contributed by atoms with E-state index in [9.17, 15) is 9.90 Å². The summed E-state index contributed by atoms with van der Waals surface area (Å²) in [5, 5.41) is 13.2. The molecule has 37 heavy (non-hydrogen) atoms. The van der Waals surface area contributed by atoms with Crippen LogP contribution in [0.5, 0.6) is 17.2 Å². The van der Waals surface area contributed by atoms with Crippen LogP contribution in [0.3, 0.4) is 0 Å². The molecule has 6 nitrogen and oxygen atoms in total. The summed E-state index contributed by atoms with van der Waals surface area (Å²) in [5.74, 6) is 3.02. The number of nitrogens with zero attached hydrogens (tertiary/aromatic N) is 2. The minimum atomic E-state index is -0.195. The van der Waals surface area contributed by atoms with Gasteiger partial charge in [-0.15, -0.1) is 11.3 Å². The summed E-state index contributed by atoms with van der Waals surface area (Å²) in [6, 6.07) is 4.13. The van der Waals surface area contributed by atoms with Gasteiger partial charge < -0.3 is 19.5 Å². The Morgan fingerprint density at radius 1 is 1.35 bits per heavy atom. The molecule has 5 aliphatic rings. The van der Waals surface area contributed by atoms with Crippen LogP contribution < -0.4 is 9.47 Å². The topological polar surface area (TPSA) is 62.2 Å². The third-order valence-electron chi connectivity index (χ3n) is 9.72. The molecule has 1 spiro atoms. The molecule has 2 aromatic rings. The van der Waals surface area contributed by atoms with Gasteiger partial charge in [-0.05, 0) is 85.0 Å². The molecule has 8 heteroatoms. The first-order chi connectivity index (χ1) is 17.9. The molecular formula is C29H33BrN2O4S. The maximum atomic E-state index is 13.4. The number of hydrogen-bond donors (Lipinski definition) is 1. The number of likely N-dealkylation sites (tertiary alicyclic amines) is 1. The predicted octanol–water partition coefficient (Wildman–Crippen LogP) is 5.21. The Hall–Kier alpha value is -2.03. The molecule has 7 rings (SSSR count). The van der Waals surface area contributed by atoms with Gasteiger partial charge in [-0.1, -0.05) is 0 Å². The van der Waals surface area contributed by atoms with E-state index >= 15 is 0 Å². The number of phenols is 1. The lowest BCUT2D eigenvalue weighted by Gasteiger charge is -2.60. The number of halogens is 1. The van der Waals surface area contributed by atoms with Gasteiger partial charge in [0.1, 0.15) is 11.9 Å². The van der Waals surface area contributed by atoms with Crippen molar-refractivity contribution in [1.82, 2.24) is 9.80 Å². The predicted molar refractivity (Wildman–Crippen MR) is 147 cm³/mol. The molecule has 2 aliphatic heterocycles. The second-order valence-electron chi connectivity index (χ2n) is 11.5. The molecule has 3 fully saturated rings. The van der Waals surface area contributed by atoms with Crippen LogP contribution in [0, 0.1) is 11.8 Å². The first-order valence-electron chi connectivity index (χ1n) is 13.4. The van der Waals surface area contributed by atoms with Gasteiger partial charge >= 0.3 is 0 Å². The highest BCUT2D eigenvalue weighted by Gasteiger charge is 2.67. The minimum Gasteiger partial charge on any atom is -0.508 e. The lowest BCUT2D eigenvalue weighted by Crippen LogP contribution is -2.69. The van der Waals surface area contributed by atoms with Crippen molar-refractivity contribution in [3.63, 3.8) is 0 Å². The van der Waals surface area contributed by atoms with Crippen molar-refractivity contribution < 1.29 is 19.4 Å². The molecule has 196 valence electrons. The summed E-state index contributed by atoms with van der Waals surface area (Å²) >= 11 is 5.10. The molecule has 1 amide bonds. The zero-order valence-electron chi connectivity index (χ0n) is 21.3. The van der Waals surface area contributed by atoms with Crippen molar-refractivity contribution in [3.8, 4) is 17.2 Å². The van der Waals surface area contributed by atoms with Crippen LogP contribution in [0.25, 0.3) is 6.08 Å². The first kappa shape index (κ1) is 24.0. The maximum Gasteiger partial charge on any atom is 0.246 e. The van der Waals surface area contributed by atoms with E-state index in [1.807, 2.05) is 29.5 Å². The highest BCUT2D eigenvalue weighted by molar-refractivity contribution is 9.10. The highest BCUT2D eigenvalue weighted by Crippen LogP contribution is 2.65. The number of phenolic OH excluding ortho intramolecular Hbond substituents is 1. The van der Waals surface area contributed by atoms with Crippen molar-refractivity contribution >= 4 is 39.2 Å². The van der Waals surface area contributed by atoms with Crippen molar-refractivity contribution in [2.45, 2.75) is 62.1 Å². The van der Waals surface area contributed by atoms with Gasteiger partial charge in [-0.25, -0.2) is 0 Å². The van der Waals surface area contributed by atoms with E-state index in [2.05, 4.69) is 20.8 Å². The molecule has 3 aliphatic carbocycles. The van der Waals surface area contributed by atoms with Crippen LogP contribution in [0.15, 0.2) is 28.1 Å². The first-order valence-corrected chi connectivity index (χ1v) is 15.1. The fourth-order valence-electron chi connectivity index (χ4n) is 7.91. The molecule has 5 atom stereocenters. The summed E-state index contributed by atoms with van der Waals surface area (Å²) in [6.07, 6.45) is 9.98. The highest BCUT2D eigenvalue weighted by atomic mass is 79.9. The van der Waals surface area contributed by atoms with Crippen LogP contribution >= 0.6 is 27.3 Å². The Morgan fingerprint density at radius 3 is 2.92 bits per heavy atom. The number of piperidine rings is 1. The van der Waals surface area contributed by atoms with E-state index in [1.165, 1.54) is 24.9 Å². The van der Waals surface area contributed by atoms with Gasteiger partial charge in [0.05, 0.1) is 13.2 Å². The van der Waals surface area contributed by atoms with Crippen molar-refractivity contribution in [2.24, 2.45) is 11.8 Å². The number of ether oxygens (including phenoxy) is 2. The quantitative estimate of drug-likeness (QED) is 0.472. The van der Waals surface area contributed by atoms with E-state index in [1.54, 1.807) is 30.6 Å². The molecule has 0 radical (unpaired) electrons. The van der Waals surface area contributed by atoms with Crippen LogP contribution in [-0.2, 0) is 16.6 Å². The average molecular weight is 586 g/mol. The number of thiophene rings is 1. The van der Waals surface area contributed by atoms with Crippen LogP contribution in [0.2, 0.25) is 0 Å². The van der Waals surface area contributed by atoms with E-state index in [0.717, 1.165) is 58.8 Å². The Labute approximate surface area is 230 Å². The second kappa shape index (κ2) is 8.75. The molecular weight excluding hydrogens is 552 g/mol. The fourth-order valence-corrected chi connectivity index (χ4v) is 9.24. The van der Waals surface area contributed by atoms with Crippen LogP contribution in [0.1, 0.15) is 48.1 Å². The molecule has 0 unspecified atom stereocenters. The second-order valence-corrected chi connectivity index (χ2v) is 13.4. The van der Waals surface area contributed by atoms with Gasteiger partial charge in [-0.2, -0.15) is 0 Å². The van der Waals surface area contributed by atoms with Crippen molar-refractivity contribution in [1.29, 1.82) is 0 Å². The number of amides is 1. The third-order valence-corrected chi connectivity index (χ3v) is 11.4. The monoisotopic (exact) mass is 584 g/mol. The zero-order chi connectivity index (χ0) is 25.5. The molecule has 2 saturated carbocycles. The molecule has 1 saturated heterocycles. The van der Waals surface area contributed by atoms with Gasteiger partial charge in [0.25, 0.3) is 0 Å². The molecule has 3 heterocycles. The zero-order valence-corrected chi connectivity index (χ0v) is 23.7. The van der Waals surface area contributed by atoms with Crippen LogP contribution in [0.4, 0.5) is 0 Å². The van der Waals surface area contributed by atoms with Crippen molar-refractivity contribution in [3.05, 3.63) is 44.1 Å². The number of methoxy groups -OCH3 is 1. The smallest absolute Gasteiger partial charge is 0.246 e. The number of aromatic hydroxyl groups is 1. The molecule has 1 aromatic carbocycles. The molecule has 2 bridgehead atoms. The lowest BCUT2D eigenvalue weighted by molar-refractivity contribution is -0.135. The van der Waals surface area contributed by atoms with Crippen molar-refractivity contribution in [2.75, 3.05) is 27.2 Å². The van der Waals surface area contributed by atoms with E-state index in [4.69, 9.17) is 9.47 Å². The Bertz CT molecular complexity index is 1290. The number of hydrogen-bond acceptors (Lipinski definition) is 6. The fraction of sp³-hybridized carbons (Fsp3) is 0.552. The Balaban J connectivity index is 1.26. The number of carbonyl (C=O) groups is 1. The van der Waals surface area contributed by atoms with Gasteiger partial charge in [0, 0.05) is 63.0 Å². The van der Waals surface area contributed by atoms with Gasteiger partial charge in [-0.3, -0.25) is 9.69 Å². The van der Waals surface area contributed by atoms with Crippen LogP contribution in [-0.4, -0.2) is 66.2 Å². The number of likely N-dealkylation sites (N-methyl/N-ethyl adjacent to an activating group) is 1. The number of rotatable bonds is 6. The third kappa shape index (κ3) is 3.62. The lowest BCUT2D eigenvalue weighted by atomic mass is 9.50. The van der Waals surface area contributed by atoms with Gasteiger partial charge in [0.15, 0.2) is 11.5 Å². The van der Waals surface area contributed by atoms with E-state index in [0.29, 0.717) is 23.5 Å². The summed E-state index contributed by atoms with van der Waals surface area (Å²) in [6.45, 7) is 2.22. The molecule has 1 N–H and O–H groups in total. The minimum absolute atomic E-state index is 0.00232. The Morgan fingerprint density at radius 2 is 2.19 bits per heavy atom. The summed E-state index contributed by atoms with van der Waals surface area (Å²) in [4.78, 5) is 19.0. The Kier molecular flexibility index (Phi) is 5.68. The normalized spacial score (nSPS) is 31.8. The molecule has 1 aromatic heterocycles. The van der Waals surface area contributed by atoms with Gasteiger partial charge in [0.2, 0.25) is 5.91 Å². The SMILES string of the molecule is COc1cc(O)c2c3c1O[C@H]1[C@H](N(C)C(=O)/C=C/c4cc(Br)cs4)CC[C@H]4[C@@H](C2)N(CC2CC2)CC[C@@]341. The summed E-state index contributed by atoms with van der Waals surface area (Å²) < 4.78 is 13.6. The average Bonchev–Trinajstić information content (AvgIpc) is 3.51. The number of benzene rings is 1. The van der Waals surface area contributed by atoms with E-state index in [-0.39, 0.29) is 23.5 Å². The summed E-state index contributed by atoms with van der Waals surface area (Å²) in [7, 11) is 3.56. The standard InChI is InChI=1S/C29H33BrN2O4S/c1-31(25(34)8-5-18-11-17(30)15-37-18)21-7-6-20-22-12-19-23(33)13-24(35-2)27-26(19)29(20,28(21)36-27)9-10-32(22)14-16-3-4-16/h5,8,11,13,15-16,20-22,28,33H,3-4,6-7,9-10,12,14H2,1-2H3/b8-5+/t20-,21+,22+,28-,29-/m0/s1. The summed E-state index contributed by atoms with van der Waals surface area (Å²) in [5.41, 5.74) is 2.02. The maximum absolute atomic E-state index is 13.4.